The van der Waals surface area contributed by atoms with Crippen LogP contribution < -0.4 is 5.73 Å². The number of hydrogen-bond donors (Lipinski definition) is 1. The fourth-order valence-corrected chi connectivity index (χ4v) is 1.82. The summed E-state index contributed by atoms with van der Waals surface area (Å²) in [6.07, 6.45) is 0. The van der Waals surface area contributed by atoms with Crippen LogP contribution in [0.25, 0.3) is 0 Å². The summed E-state index contributed by atoms with van der Waals surface area (Å²) < 4.78 is 5.29. The SMILES string of the molecule is CC(N)=NC(C)(C)CN1CCOCC1. The first-order valence-electron chi connectivity index (χ1n) is 5.12. The van der Waals surface area contributed by atoms with Gasteiger partial charge in [0, 0.05) is 19.6 Å². The molecule has 0 amide bonds. The van der Waals surface area contributed by atoms with E-state index in [0.29, 0.717) is 5.84 Å². The van der Waals surface area contributed by atoms with Crippen molar-refractivity contribution < 1.29 is 4.74 Å². The van der Waals surface area contributed by atoms with E-state index in [1.165, 1.54) is 0 Å². The smallest absolute Gasteiger partial charge is 0.0912 e. The van der Waals surface area contributed by atoms with Gasteiger partial charge in [-0.1, -0.05) is 0 Å². The average Bonchev–Trinajstić information content (AvgIpc) is 2.02. The number of morpholine rings is 1. The van der Waals surface area contributed by atoms with Gasteiger partial charge in [0.2, 0.25) is 0 Å². The van der Waals surface area contributed by atoms with E-state index in [1.54, 1.807) is 0 Å². The van der Waals surface area contributed by atoms with Gasteiger partial charge in [-0.3, -0.25) is 9.89 Å². The van der Waals surface area contributed by atoms with Gasteiger partial charge in [-0.05, 0) is 20.8 Å². The van der Waals surface area contributed by atoms with Crippen molar-refractivity contribution in [1.82, 2.24) is 4.90 Å². The van der Waals surface area contributed by atoms with Crippen LogP contribution in [0.15, 0.2) is 4.99 Å². The molecular weight excluding hydrogens is 178 g/mol. The fraction of sp³-hybridized carbons (Fsp3) is 0.900. The summed E-state index contributed by atoms with van der Waals surface area (Å²) in [5.41, 5.74) is 5.50. The summed E-state index contributed by atoms with van der Waals surface area (Å²) in [7, 11) is 0. The maximum Gasteiger partial charge on any atom is 0.0912 e. The summed E-state index contributed by atoms with van der Waals surface area (Å²) in [6.45, 7) is 10.7. The van der Waals surface area contributed by atoms with E-state index >= 15 is 0 Å². The lowest BCUT2D eigenvalue weighted by Crippen LogP contribution is -2.44. The van der Waals surface area contributed by atoms with Crippen molar-refractivity contribution in [3.63, 3.8) is 0 Å². The Morgan fingerprint density at radius 3 is 2.50 bits per heavy atom. The third-order valence-electron chi connectivity index (χ3n) is 2.19. The van der Waals surface area contributed by atoms with Crippen molar-refractivity contribution in [2.45, 2.75) is 26.3 Å². The molecule has 0 aromatic rings. The van der Waals surface area contributed by atoms with Crippen LogP contribution >= 0.6 is 0 Å². The Hall–Kier alpha value is -0.610. The second-order valence-electron chi connectivity index (χ2n) is 4.45. The Kier molecular flexibility index (Phi) is 3.89. The predicted molar refractivity (Wildman–Crippen MR) is 58.6 cm³/mol. The van der Waals surface area contributed by atoms with Crippen molar-refractivity contribution >= 4 is 5.84 Å². The van der Waals surface area contributed by atoms with E-state index in [1.807, 2.05) is 6.92 Å². The van der Waals surface area contributed by atoms with E-state index in [4.69, 9.17) is 10.5 Å². The van der Waals surface area contributed by atoms with Gasteiger partial charge >= 0.3 is 0 Å². The predicted octanol–water partition coefficient (Wildman–Crippen LogP) is 0.474. The van der Waals surface area contributed by atoms with Gasteiger partial charge in [-0.25, -0.2) is 0 Å². The van der Waals surface area contributed by atoms with Gasteiger partial charge in [0.15, 0.2) is 0 Å². The molecule has 0 aromatic carbocycles. The lowest BCUT2D eigenvalue weighted by Gasteiger charge is -2.32. The molecule has 0 unspecified atom stereocenters. The minimum Gasteiger partial charge on any atom is -0.388 e. The Bertz CT molecular complexity index is 203. The topological polar surface area (TPSA) is 50.8 Å². The molecule has 1 saturated heterocycles. The van der Waals surface area contributed by atoms with Gasteiger partial charge in [0.05, 0.1) is 24.6 Å². The van der Waals surface area contributed by atoms with Crippen LogP contribution in [0.2, 0.25) is 0 Å². The Morgan fingerprint density at radius 1 is 1.43 bits per heavy atom. The molecule has 0 spiro atoms. The summed E-state index contributed by atoms with van der Waals surface area (Å²) >= 11 is 0. The maximum absolute atomic E-state index is 5.59. The zero-order chi connectivity index (χ0) is 10.6. The van der Waals surface area contributed by atoms with E-state index in [9.17, 15) is 0 Å². The molecule has 1 fully saturated rings. The number of rotatable bonds is 3. The molecule has 82 valence electrons. The number of aliphatic imine (C=N–C) groups is 1. The first-order chi connectivity index (χ1) is 6.49. The molecule has 0 aromatic heterocycles. The van der Waals surface area contributed by atoms with Crippen LogP contribution in [0.1, 0.15) is 20.8 Å². The molecule has 0 radical (unpaired) electrons. The minimum absolute atomic E-state index is 0.0871. The average molecular weight is 199 g/mol. The number of ether oxygens (including phenoxy) is 1. The molecule has 14 heavy (non-hydrogen) atoms. The third-order valence-corrected chi connectivity index (χ3v) is 2.19. The molecule has 2 N–H and O–H groups in total. The monoisotopic (exact) mass is 199 g/mol. The lowest BCUT2D eigenvalue weighted by molar-refractivity contribution is 0.0305. The molecule has 1 aliphatic heterocycles. The van der Waals surface area contributed by atoms with Crippen LogP contribution in [0.5, 0.6) is 0 Å². The normalized spacial score (nSPS) is 21.2. The molecule has 1 heterocycles. The molecule has 0 bridgehead atoms. The second kappa shape index (κ2) is 4.75. The maximum atomic E-state index is 5.59. The zero-order valence-electron chi connectivity index (χ0n) is 9.42. The minimum atomic E-state index is -0.0871. The zero-order valence-corrected chi connectivity index (χ0v) is 9.42. The number of hydrogen-bond acceptors (Lipinski definition) is 3. The van der Waals surface area contributed by atoms with E-state index < -0.39 is 0 Å². The first-order valence-corrected chi connectivity index (χ1v) is 5.12. The highest BCUT2D eigenvalue weighted by molar-refractivity contribution is 5.77. The van der Waals surface area contributed by atoms with Crippen LogP contribution in [-0.4, -0.2) is 49.1 Å². The highest BCUT2D eigenvalue weighted by atomic mass is 16.5. The standard InChI is InChI=1S/C10H21N3O/c1-9(11)12-10(2,3)8-13-4-6-14-7-5-13/h4-8H2,1-3H3,(H2,11,12). The van der Waals surface area contributed by atoms with Gasteiger partial charge in [0.1, 0.15) is 0 Å². The summed E-state index contributed by atoms with van der Waals surface area (Å²) in [5.74, 6) is 0.656. The summed E-state index contributed by atoms with van der Waals surface area (Å²) in [4.78, 5) is 6.79. The van der Waals surface area contributed by atoms with Crippen LogP contribution in [-0.2, 0) is 4.74 Å². The Morgan fingerprint density at radius 2 is 2.00 bits per heavy atom. The number of nitrogens with zero attached hydrogens (tertiary/aromatic N) is 2. The molecule has 0 atom stereocenters. The van der Waals surface area contributed by atoms with Gasteiger partial charge in [-0.2, -0.15) is 0 Å². The Labute approximate surface area is 86.1 Å². The van der Waals surface area contributed by atoms with Crippen molar-refractivity contribution in [2.24, 2.45) is 10.7 Å². The van der Waals surface area contributed by atoms with Gasteiger partial charge in [-0.15, -0.1) is 0 Å². The van der Waals surface area contributed by atoms with Gasteiger partial charge < -0.3 is 10.5 Å². The highest BCUT2D eigenvalue weighted by Crippen LogP contribution is 2.12. The van der Waals surface area contributed by atoms with Crippen LogP contribution in [0, 0.1) is 0 Å². The van der Waals surface area contributed by atoms with Crippen molar-refractivity contribution in [3.8, 4) is 0 Å². The van der Waals surface area contributed by atoms with Crippen molar-refractivity contribution in [3.05, 3.63) is 0 Å². The largest absolute Gasteiger partial charge is 0.388 e. The van der Waals surface area contributed by atoms with Crippen molar-refractivity contribution in [1.29, 1.82) is 0 Å². The van der Waals surface area contributed by atoms with E-state index in [2.05, 4.69) is 23.7 Å². The molecule has 0 saturated carbocycles. The second-order valence-corrected chi connectivity index (χ2v) is 4.45. The molecule has 1 rings (SSSR count). The number of nitrogens with two attached hydrogens (primary N) is 1. The fourth-order valence-electron chi connectivity index (χ4n) is 1.82. The number of amidine groups is 1. The van der Waals surface area contributed by atoms with Gasteiger partial charge in [0.25, 0.3) is 0 Å². The molecule has 4 nitrogen and oxygen atoms in total. The molecule has 0 aliphatic carbocycles. The van der Waals surface area contributed by atoms with E-state index in [0.717, 1.165) is 32.8 Å². The molecular formula is C10H21N3O. The third kappa shape index (κ3) is 4.07. The van der Waals surface area contributed by atoms with Crippen LogP contribution in [0.3, 0.4) is 0 Å². The molecule has 4 heteroatoms. The quantitative estimate of drug-likeness (QED) is 0.531. The lowest BCUT2D eigenvalue weighted by atomic mass is 10.1. The van der Waals surface area contributed by atoms with Crippen LogP contribution in [0.4, 0.5) is 0 Å². The van der Waals surface area contributed by atoms with Crippen molar-refractivity contribution in [2.75, 3.05) is 32.8 Å². The molecule has 1 aliphatic rings. The summed E-state index contributed by atoms with van der Waals surface area (Å²) in [6, 6.07) is 0. The van der Waals surface area contributed by atoms with E-state index in [-0.39, 0.29) is 5.54 Å². The summed E-state index contributed by atoms with van der Waals surface area (Å²) in [5, 5.41) is 0. The highest BCUT2D eigenvalue weighted by Gasteiger charge is 2.22. The Balaban J connectivity index is 2.44. The first kappa shape index (κ1) is 11.5.